The van der Waals surface area contributed by atoms with Gasteiger partial charge in [0.25, 0.3) is 11.8 Å². The standard InChI is InChI=1S/C37H60BN9O8/c1-4-5-10-24-13-15-25(16-14-24)26-17-19-27(20-18-26)36(53)47(3)29(12-7-9-22-40)33(50)44-30(23(2)48)34(51)45-31(41)35(52)43-28(11-6-8-21-39)32(49)46-37(42)38(54)55/h13-20,23,28-31,37,48,54-55H,4-12,21-22,39-42H2,1-3H3,(H,43,52)(H,44,50)(H,45,51)(H,46,49)/t23-,28+,29+,30+,31-,37-/m1/s1. The second kappa shape index (κ2) is 24.2. The van der Waals surface area contributed by atoms with Crippen molar-refractivity contribution in [2.24, 2.45) is 22.9 Å². The van der Waals surface area contributed by atoms with Crippen molar-refractivity contribution in [2.75, 3.05) is 20.1 Å². The number of hydrogen-bond donors (Lipinski definition) is 11. The van der Waals surface area contributed by atoms with Gasteiger partial charge < -0.3 is 64.3 Å². The van der Waals surface area contributed by atoms with E-state index in [1.54, 1.807) is 12.1 Å². The Labute approximate surface area is 323 Å². The van der Waals surface area contributed by atoms with Gasteiger partial charge in [0.1, 0.15) is 24.2 Å². The van der Waals surface area contributed by atoms with Crippen LogP contribution in [0.25, 0.3) is 11.1 Å². The molecule has 0 bridgehead atoms. The number of aryl methyl sites for hydroxylation is 1. The first kappa shape index (κ1) is 46.7. The van der Waals surface area contributed by atoms with Gasteiger partial charge in [-0.15, -0.1) is 0 Å². The van der Waals surface area contributed by atoms with E-state index in [1.807, 2.05) is 24.3 Å². The number of carbonyl (C=O) groups excluding carboxylic acids is 5. The molecule has 55 heavy (non-hydrogen) atoms. The maximum absolute atomic E-state index is 13.7. The molecular formula is C37H60BN9O8. The molecule has 0 aromatic heterocycles. The third-order valence-corrected chi connectivity index (χ3v) is 9.11. The van der Waals surface area contributed by atoms with E-state index >= 15 is 0 Å². The molecule has 304 valence electrons. The Morgan fingerprint density at radius 2 is 1.29 bits per heavy atom. The molecule has 0 radical (unpaired) electrons. The Balaban J connectivity index is 2.17. The first-order chi connectivity index (χ1) is 26.1. The van der Waals surface area contributed by atoms with Crippen LogP contribution in [0.15, 0.2) is 48.5 Å². The summed E-state index contributed by atoms with van der Waals surface area (Å²) in [5.74, 6) is -4.00. The smallest absolute Gasteiger partial charge is 0.425 e. The van der Waals surface area contributed by atoms with E-state index < -0.39 is 73.1 Å². The molecule has 0 spiro atoms. The molecule has 17 nitrogen and oxygen atoms in total. The van der Waals surface area contributed by atoms with Crippen molar-refractivity contribution in [1.29, 1.82) is 0 Å². The lowest BCUT2D eigenvalue weighted by Gasteiger charge is -2.30. The lowest BCUT2D eigenvalue weighted by Crippen LogP contribution is -2.63. The molecule has 0 unspecified atom stereocenters. The van der Waals surface area contributed by atoms with Gasteiger partial charge in [-0.1, -0.05) is 49.7 Å². The number of likely N-dealkylation sites (N-methyl/N-ethyl adjacent to an activating group) is 1. The van der Waals surface area contributed by atoms with E-state index in [9.17, 15) is 39.1 Å². The summed E-state index contributed by atoms with van der Waals surface area (Å²) in [6.07, 6.45) is 2.32. The van der Waals surface area contributed by atoms with Crippen LogP contribution in [0, 0.1) is 0 Å². The molecule has 0 aliphatic heterocycles. The minimum absolute atomic E-state index is 0.0882. The topological polar surface area (TPSA) is 301 Å². The SMILES string of the molecule is CCCCc1ccc(-c2ccc(C(=O)N(C)[C@@H](CCCCN)C(=O)N[C@H](C(=O)N[C@@H](N)C(=O)N[C@@H](CCCCN)C(=O)N[C@@H](N)B(O)O)[C@@H](C)O)cc2)cc1. The van der Waals surface area contributed by atoms with Crippen LogP contribution in [-0.2, 0) is 25.6 Å². The molecule has 15 N–H and O–H groups in total. The first-order valence-electron chi connectivity index (χ1n) is 18.8. The highest BCUT2D eigenvalue weighted by Gasteiger charge is 2.34. The Morgan fingerprint density at radius 3 is 1.82 bits per heavy atom. The Kier molecular flexibility index (Phi) is 20.5. The van der Waals surface area contributed by atoms with E-state index in [0.29, 0.717) is 44.3 Å². The van der Waals surface area contributed by atoms with Crippen LogP contribution in [0.1, 0.15) is 81.1 Å². The summed E-state index contributed by atoms with van der Waals surface area (Å²) < 4.78 is 0. The van der Waals surface area contributed by atoms with Crippen LogP contribution in [0.5, 0.6) is 0 Å². The van der Waals surface area contributed by atoms with E-state index in [2.05, 4.69) is 40.3 Å². The average molecular weight is 770 g/mol. The zero-order chi connectivity index (χ0) is 41.1. The molecular weight excluding hydrogens is 709 g/mol. The number of carbonyl (C=O) groups is 5. The van der Waals surface area contributed by atoms with Gasteiger partial charge >= 0.3 is 7.12 Å². The number of aliphatic hydroxyl groups is 1. The fourth-order valence-corrected chi connectivity index (χ4v) is 5.70. The second-order valence-electron chi connectivity index (χ2n) is 13.6. The zero-order valence-electron chi connectivity index (χ0n) is 32.1. The lowest BCUT2D eigenvalue weighted by molar-refractivity contribution is -0.136. The predicted molar refractivity (Wildman–Crippen MR) is 210 cm³/mol. The van der Waals surface area contributed by atoms with Gasteiger partial charge in [0.05, 0.1) is 6.10 Å². The maximum atomic E-state index is 13.7. The van der Waals surface area contributed by atoms with Gasteiger partial charge in [-0.2, -0.15) is 0 Å². The van der Waals surface area contributed by atoms with E-state index in [0.717, 1.165) is 30.4 Å². The van der Waals surface area contributed by atoms with E-state index in [-0.39, 0.29) is 12.8 Å². The average Bonchev–Trinajstić information content (AvgIpc) is 3.16. The van der Waals surface area contributed by atoms with Gasteiger partial charge in [-0.25, -0.2) is 0 Å². The summed E-state index contributed by atoms with van der Waals surface area (Å²) in [5, 5.41) is 38.3. The normalized spacial score (nSPS) is 14.4. The molecule has 0 saturated carbocycles. The molecule has 18 heteroatoms. The van der Waals surface area contributed by atoms with E-state index in [1.165, 1.54) is 24.4 Å². The van der Waals surface area contributed by atoms with Crippen molar-refractivity contribution in [3.63, 3.8) is 0 Å². The number of benzene rings is 2. The van der Waals surface area contributed by atoms with Crippen LogP contribution >= 0.6 is 0 Å². The molecule has 0 aliphatic rings. The van der Waals surface area contributed by atoms with Gasteiger partial charge in [0, 0.05) is 12.6 Å². The number of nitrogens with zero attached hydrogens (tertiary/aromatic N) is 1. The number of amides is 5. The second-order valence-corrected chi connectivity index (χ2v) is 13.6. The van der Waals surface area contributed by atoms with Crippen molar-refractivity contribution in [3.05, 3.63) is 59.7 Å². The molecule has 0 fully saturated rings. The molecule has 0 heterocycles. The number of aliphatic hydroxyl groups excluding tert-OH is 1. The Morgan fingerprint density at radius 1 is 0.727 bits per heavy atom. The molecule has 2 aromatic rings. The third-order valence-electron chi connectivity index (χ3n) is 9.11. The highest BCUT2D eigenvalue weighted by Crippen LogP contribution is 2.22. The monoisotopic (exact) mass is 769 g/mol. The van der Waals surface area contributed by atoms with Crippen molar-refractivity contribution in [3.8, 4) is 11.1 Å². The largest absolute Gasteiger partial charge is 0.490 e. The Bertz CT molecular complexity index is 1520. The minimum Gasteiger partial charge on any atom is -0.425 e. The number of nitrogens with two attached hydrogens (primary N) is 4. The number of nitrogens with one attached hydrogen (secondary N) is 4. The van der Waals surface area contributed by atoms with Gasteiger partial charge in [0.15, 0.2) is 6.17 Å². The summed E-state index contributed by atoms with van der Waals surface area (Å²) in [6.45, 7) is 4.08. The quantitative estimate of drug-likeness (QED) is 0.0333. The molecule has 6 atom stereocenters. The molecule has 0 aliphatic carbocycles. The molecule has 2 aromatic carbocycles. The highest BCUT2D eigenvalue weighted by atomic mass is 16.4. The minimum atomic E-state index is -2.06. The fraction of sp³-hybridized carbons (Fsp3) is 0.541. The van der Waals surface area contributed by atoms with Gasteiger partial charge in [0.2, 0.25) is 17.7 Å². The lowest BCUT2D eigenvalue weighted by atomic mass is 9.86. The van der Waals surface area contributed by atoms with E-state index in [4.69, 9.17) is 22.9 Å². The van der Waals surface area contributed by atoms with Crippen molar-refractivity contribution in [1.82, 2.24) is 26.2 Å². The highest BCUT2D eigenvalue weighted by molar-refractivity contribution is 6.43. The van der Waals surface area contributed by atoms with Crippen LogP contribution in [0.2, 0.25) is 0 Å². The summed E-state index contributed by atoms with van der Waals surface area (Å²) in [5.41, 5.74) is 26.2. The molecule has 5 amide bonds. The number of hydrogen-bond acceptors (Lipinski definition) is 12. The fourth-order valence-electron chi connectivity index (χ4n) is 5.70. The molecule has 0 saturated heterocycles. The summed E-state index contributed by atoms with van der Waals surface area (Å²) in [4.78, 5) is 67.7. The van der Waals surface area contributed by atoms with Crippen molar-refractivity contribution < 1.29 is 39.1 Å². The first-order valence-corrected chi connectivity index (χ1v) is 18.8. The maximum Gasteiger partial charge on any atom is 0.490 e. The van der Waals surface area contributed by atoms with Crippen LogP contribution < -0.4 is 44.2 Å². The van der Waals surface area contributed by atoms with Crippen LogP contribution in [-0.4, -0.2) is 113 Å². The number of unbranched alkanes of at least 4 members (excludes halogenated alkanes) is 3. The number of rotatable bonds is 24. The summed E-state index contributed by atoms with van der Waals surface area (Å²) >= 11 is 0. The van der Waals surface area contributed by atoms with Crippen LogP contribution in [0.3, 0.4) is 0 Å². The van der Waals surface area contributed by atoms with Crippen molar-refractivity contribution in [2.45, 2.75) is 108 Å². The Hall–Kier alpha value is -4.43. The van der Waals surface area contributed by atoms with Crippen LogP contribution in [0.4, 0.5) is 0 Å². The zero-order valence-corrected chi connectivity index (χ0v) is 32.1. The van der Waals surface area contributed by atoms with Gasteiger partial charge in [-0.05, 0) is 100 Å². The van der Waals surface area contributed by atoms with Gasteiger partial charge in [-0.3, -0.25) is 24.0 Å². The predicted octanol–water partition coefficient (Wildman–Crippen LogP) is -1.44. The third kappa shape index (κ3) is 15.3. The summed E-state index contributed by atoms with van der Waals surface area (Å²) in [7, 11) is -0.587. The summed E-state index contributed by atoms with van der Waals surface area (Å²) in [6, 6.07) is 9.91. The van der Waals surface area contributed by atoms with Crippen molar-refractivity contribution >= 4 is 36.7 Å². The molecule has 2 rings (SSSR count).